The van der Waals surface area contributed by atoms with Crippen LogP contribution in [0.1, 0.15) is 43.2 Å². The van der Waals surface area contributed by atoms with E-state index < -0.39 is 0 Å². The molecule has 1 amide bonds. The lowest BCUT2D eigenvalue weighted by molar-refractivity contribution is -0.122. The van der Waals surface area contributed by atoms with Crippen LogP contribution in [0.25, 0.3) is 0 Å². The first-order chi connectivity index (χ1) is 13.1. The molecule has 2 heterocycles. The van der Waals surface area contributed by atoms with Crippen molar-refractivity contribution >= 4 is 11.6 Å². The van der Waals surface area contributed by atoms with Crippen molar-refractivity contribution in [1.29, 1.82) is 0 Å². The summed E-state index contributed by atoms with van der Waals surface area (Å²) in [5.74, 6) is -0.227. The lowest BCUT2D eigenvalue weighted by Gasteiger charge is -2.37. The van der Waals surface area contributed by atoms with Crippen LogP contribution in [-0.4, -0.2) is 55.2 Å². The highest BCUT2D eigenvalue weighted by Crippen LogP contribution is 2.32. The monoisotopic (exact) mass is 375 g/mol. The van der Waals surface area contributed by atoms with Crippen LogP contribution < -0.4 is 10.6 Å². The van der Waals surface area contributed by atoms with E-state index in [4.69, 9.17) is 4.74 Å². The molecule has 3 atom stereocenters. The van der Waals surface area contributed by atoms with Gasteiger partial charge in [0.05, 0.1) is 6.61 Å². The molecule has 148 valence electrons. The number of fused-ring (bicyclic) bond motifs is 1. The highest BCUT2D eigenvalue weighted by atomic mass is 19.1. The zero-order valence-corrected chi connectivity index (χ0v) is 16.1. The van der Waals surface area contributed by atoms with Gasteiger partial charge in [0.15, 0.2) is 0 Å². The molecule has 1 saturated carbocycles. The van der Waals surface area contributed by atoms with Crippen molar-refractivity contribution in [2.75, 3.05) is 31.6 Å². The molecule has 0 bridgehead atoms. The van der Waals surface area contributed by atoms with Crippen molar-refractivity contribution in [3.05, 3.63) is 29.1 Å². The van der Waals surface area contributed by atoms with E-state index in [1.54, 1.807) is 6.07 Å². The van der Waals surface area contributed by atoms with Crippen LogP contribution in [0.5, 0.6) is 0 Å². The Bertz CT molecular complexity index is 657. The summed E-state index contributed by atoms with van der Waals surface area (Å²) in [6.07, 6.45) is 5.87. The number of aryl methyl sites for hydroxylation is 1. The van der Waals surface area contributed by atoms with E-state index in [9.17, 15) is 9.18 Å². The van der Waals surface area contributed by atoms with Gasteiger partial charge in [-0.15, -0.1) is 0 Å². The molecule has 1 aliphatic carbocycles. The predicted molar refractivity (Wildman–Crippen MR) is 103 cm³/mol. The first-order valence-electron chi connectivity index (χ1n) is 10.3. The van der Waals surface area contributed by atoms with Crippen molar-refractivity contribution in [1.82, 2.24) is 10.2 Å². The van der Waals surface area contributed by atoms with E-state index in [0.717, 1.165) is 63.2 Å². The summed E-state index contributed by atoms with van der Waals surface area (Å²) in [4.78, 5) is 15.3. The summed E-state index contributed by atoms with van der Waals surface area (Å²) in [5, 5.41) is 6.47. The number of carbonyl (C=O) groups excluding carboxylic acids is 1. The molecule has 3 aliphatic rings. The number of amides is 1. The minimum atomic E-state index is -0.373. The Labute approximate surface area is 160 Å². The van der Waals surface area contributed by atoms with Gasteiger partial charge in [-0.25, -0.2) is 4.39 Å². The Balaban J connectivity index is 1.34. The van der Waals surface area contributed by atoms with Gasteiger partial charge in [-0.3, -0.25) is 9.69 Å². The highest BCUT2D eigenvalue weighted by molar-refractivity contribution is 5.88. The average Bonchev–Trinajstić information content (AvgIpc) is 2.96. The predicted octanol–water partition coefficient (Wildman–Crippen LogP) is 2.62. The first-order valence-corrected chi connectivity index (χ1v) is 10.3. The molecule has 27 heavy (non-hydrogen) atoms. The Morgan fingerprint density at radius 1 is 1.26 bits per heavy atom. The van der Waals surface area contributed by atoms with Gasteiger partial charge in [0.1, 0.15) is 11.9 Å². The number of benzene rings is 1. The molecule has 1 aromatic carbocycles. The van der Waals surface area contributed by atoms with Gasteiger partial charge in [-0.1, -0.05) is 6.07 Å². The van der Waals surface area contributed by atoms with Crippen LogP contribution in [0.2, 0.25) is 0 Å². The Morgan fingerprint density at radius 2 is 2.15 bits per heavy atom. The molecule has 1 unspecified atom stereocenters. The molecule has 5 nitrogen and oxygen atoms in total. The van der Waals surface area contributed by atoms with E-state index in [2.05, 4.69) is 15.5 Å². The summed E-state index contributed by atoms with van der Waals surface area (Å²) in [5.41, 5.74) is 2.42. The number of anilines is 1. The first kappa shape index (κ1) is 18.7. The number of rotatable bonds is 3. The number of carbonyl (C=O) groups is 1. The third-order valence-electron chi connectivity index (χ3n) is 6.27. The third kappa shape index (κ3) is 4.11. The smallest absolute Gasteiger partial charge is 0.243 e. The number of hydrogen-bond donors (Lipinski definition) is 2. The molecule has 0 aromatic heterocycles. The molecule has 2 aliphatic heterocycles. The molecule has 1 aromatic rings. The maximum absolute atomic E-state index is 14.1. The largest absolute Gasteiger partial charge is 0.380 e. The van der Waals surface area contributed by atoms with Crippen molar-refractivity contribution in [2.45, 2.75) is 63.6 Å². The topological polar surface area (TPSA) is 53.6 Å². The average molecular weight is 375 g/mol. The van der Waals surface area contributed by atoms with E-state index in [0.29, 0.717) is 18.0 Å². The van der Waals surface area contributed by atoms with Crippen molar-refractivity contribution in [3.63, 3.8) is 0 Å². The zero-order valence-electron chi connectivity index (χ0n) is 16.1. The van der Waals surface area contributed by atoms with Crippen LogP contribution in [0.15, 0.2) is 12.1 Å². The molecule has 4 rings (SSSR count). The molecule has 6 heteroatoms. The lowest BCUT2D eigenvalue weighted by Crippen LogP contribution is -2.49. The fraction of sp³-hybridized carbons (Fsp3) is 0.667. The molecule has 0 spiro atoms. The van der Waals surface area contributed by atoms with Gasteiger partial charge in [0.25, 0.3) is 0 Å². The second kappa shape index (κ2) is 8.15. The van der Waals surface area contributed by atoms with Crippen LogP contribution >= 0.6 is 0 Å². The van der Waals surface area contributed by atoms with E-state index in [1.807, 2.05) is 6.92 Å². The minimum Gasteiger partial charge on any atom is -0.380 e. The minimum absolute atomic E-state index is 0.00477. The molecular formula is C21H30FN3O2. The van der Waals surface area contributed by atoms with Crippen LogP contribution in [0, 0.1) is 12.7 Å². The van der Waals surface area contributed by atoms with Gasteiger partial charge >= 0.3 is 0 Å². The standard InChI is InChI=1S/C21H30FN3O2/c1-14-6-7-18(22)17-13-19(24-20(14)17)21(26)23-15-4-2-5-16(12-15)25-8-3-10-27-11-9-25/h6-7,15-16,19,24H,2-5,8-13H2,1H3,(H,23,26)/t15-,16-,19?/m0/s1. The van der Waals surface area contributed by atoms with Gasteiger partial charge in [-0.2, -0.15) is 0 Å². The van der Waals surface area contributed by atoms with Gasteiger partial charge in [0.2, 0.25) is 5.91 Å². The molecule has 0 radical (unpaired) electrons. The van der Waals surface area contributed by atoms with Crippen molar-refractivity contribution in [3.8, 4) is 0 Å². The Kier molecular flexibility index (Phi) is 5.64. The SMILES string of the molecule is Cc1ccc(F)c2c1NC(C(=O)N[C@H]1CCC[C@H](N3CCCOCC3)C1)C2. The van der Waals surface area contributed by atoms with Gasteiger partial charge in [-0.05, 0) is 50.7 Å². The normalized spacial score (nSPS) is 28.9. The Hall–Kier alpha value is -1.66. The third-order valence-corrected chi connectivity index (χ3v) is 6.27. The van der Waals surface area contributed by atoms with Crippen molar-refractivity contribution < 1.29 is 13.9 Å². The van der Waals surface area contributed by atoms with E-state index >= 15 is 0 Å². The highest BCUT2D eigenvalue weighted by Gasteiger charge is 2.33. The number of hydrogen-bond acceptors (Lipinski definition) is 4. The molecule has 2 N–H and O–H groups in total. The fourth-order valence-corrected chi connectivity index (χ4v) is 4.79. The van der Waals surface area contributed by atoms with Gasteiger partial charge in [0, 0.05) is 49.5 Å². The molecular weight excluding hydrogens is 345 g/mol. The zero-order chi connectivity index (χ0) is 18.8. The Morgan fingerprint density at radius 3 is 3.00 bits per heavy atom. The van der Waals surface area contributed by atoms with E-state index in [-0.39, 0.29) is 23.8 Å². The summed E-state index contributed by atoms with van der Waals surface area (Å²) in [7, 11) is 0. The summed E-state index contributed by atoms with van der Waals surface area (Å²) < 4.78 is 19.6. The summed E-state index contributed by atoms with van der Waals surface area (Å²) in [6, 6.07) is 3.61. The van der Waals surface area contributed by atoms with Gasteiger partial charge < -0.3 is 15.4 Å². The van der Waals surface area contributed by atoms with Crippen LogP contribution in [-0.2, 0) is 16.0 Å². The second-order valence-electron chi connectivity index (χ2n) is 8.15. The van der Waals surface area contributed by atoms with Crippen molar-refractivity contribution in [2.24, 2.45) is 0 Å². The van der Waals surface area contributed by atoms with E-state index in [1.165, 1.54) is 12.5 Å². The maximum atomic E-state index is 14.1. The maximum Gasteiger partial charge on any atom is 0.243 e. The molecule has 2 fully saturated rings. The molecule has 1 saturated heterocycles. The fourth-order valence-electron chi connectivity index (χ4n) is 4.79. The number of halogens is 1. The number of ether oxygens (including phenoxy) is 1. The number of nitrogens with zero attached hydrogens (tertiary/aromatic N) is 1. The number of nitrogens with one attached hydrogen (secondary N) is 2. The lowest BCUT2D eigenvalue weighted by atomic mass is 9.89. The van der Waals surface area contributed by atoms with Crippen LogP contribution in [0.4, 0.5) is 10.1 Å². The quantitative estimate of drug-likeness (QED) is 0.853. The summed E-state index contributed by atoms with van der Waals surface area (Å²) in [6.45, 7) is 5.69. The summed E-state index contributed by atoms with van der Waals surface area (Å²) >= 11 is 0. The van der Waals surface area contributed by atoms with Crippen LogP contribution in [0.3, 0.4) is 0 Å². The second-order valence-corrected chi connectivity index (χ2v) is 8.15.